The van der Waals surface area contributed by atoms with E-state index in [4.69, 9.17) is 11.6 Å². The molecule has 0 spiro atoms. The van der Waals surface area contributed by atoms with Crippen molar-refractivity contribution < 1.29 is 9.59 Å². The molecular weight excluding hydrogens is 424 g/mol. The van der Waals surface area contributed by atoms with Crippen molar-refractivity contribution in [2.75, 3.05) is 18.0 Å². The number of amides is 2. The van der Waals surface area contributed by atoms with E-state index >= 15 is 0 Å². The molecule has 1 fully saturated rings. The summed E-state index contributed by atoms with van der Waals surface area (Å²) in [6.45, 7) is 1.32. The maximum atomic E-state index is 13.6. The lowest BCUT2D eigenvalue weighted by Crippen LogP contribution is -2.39. The molecule has 2 aliphatic heterocycles. The average Bonchev–Trinajstić information content (AvgIpc) is 3.49. The van der Waals surface area contributed by atoms with Gasteiger partial charge in [-0.2, -0.15) is 0 Å². The van der Waals surface area contributed by atoms with Gasteiger partial charge in [0, 0.05) is 34.8 Å². The Labute approximate surface area is 182 Å². The number of benzene rings is 1. The van der Waals surface area contributed by atoms with Gasteiger partial charge in [-0.05, 0) is 59.5 Å². The molecule has 3 aromatic rings. The Bertz CT molecular complexity index is 1080. The molecule has 4 nitrogen and oxygen atoms in total. The lowest BCUT2D eigenvalue weighted by Gasteiger charge is -2.35. The normalized spacial score (nSPS) is 18.9. The molecule has 148 valence electrons. The van der Waals surface area contributed by atoms with Crippen molar-refractivity contribution in [2.24, 2.45) is 0 Å². The molecule has 2 aromatic heterocycles. The van der Waals surface area contributed by atoms with Gasteiger partial charge in [0.2, 0.25) is 5.91 Å². The van der Waals surface area contributed by atoms with Crippen LogP contribution < -0.4 is 4.90 Å². The van der Waals surface area contributed by atoms with Crippen LogP contribution >= 0.6 is 34.3 Å². The summed E-state index contributed by atoms with van der Waals surface area (Å²) in [5, 5.41) is 4.67. The Morgan fingerprint density at radius 3 is 2.72 bits per heavy atom. The smallest absolute Gasteiger partial charge is 0.254 e. The Kier molecular flexibility index (Phi) is 4.94. The van der Waals surface area contributed by atoms with Crippen molar-refractivity contribution in [3.63, 3.8) is 0 Å². The molecule has 0 unspecified atom stereocenters. The lowest BCUT2D eigenvalue weighted by atomic mass is 9.97. The minimum Gasteiger partial charge on any atom is -0.326 e. The number of hydrogen-bond acceptors (Lipinski definition) is 4. The number of nitrogens with zero attached hydrogens (tertiary/aromatic N) is 2. The molecule has 1 saturated heterocycles. The third kappa shape index (κ3) is 3.29. The number of anilines is 1. The fraction of sp³-hybridized carbons (Fsp3) is 0.273. The molecule has 0 saturated carbocycles. The minimum atomic E-state index is -0.0648. The van der Waals surface area contributed by atoms with E-state index in [1.807, 2.05) is 11.0 Å². The predicted octanol–water partition coefficient (Wildman–Crippen LogP) is 5.38. The summed E-state index contributed by atoms with van der Waals surface area (Å²) in [7, 11) is 0. The first-order valence-corrected chi connectivity index (χ1v) is 11.8. The number of hydrogen-bond donors (Lipinski definition) is 0. The van der Waals surface area contributed by atoms with Crippen LogP contribution in [0.1, 0.15) is 44.6 Å². The predicted molar refractivity (Wildman–Crippen MR) is 118 cm³/mol. The standard InChI is InChI=1S/C22H19ClN2O2S2/c23-16-6-5-14(13-17(16)24-9-1-4-20(24)26)22(27)25-10-7-18-15(8-12-29-18)21(25)19-3-2-11-28-19/h2-3,5-6,8,11-13,21H,1,4,7,9-10H2/t21-/m1/s1. The third-order valence-corrected chi connectivity index (χ3v) is 7.84. The summed E-state index contributed by atoms with van der Waals surface area (Å²) >= 11 is 9.82. The van der Waals surface area contributed by atoms with Crippen molar-refractivity contribution in [2.45, 2.75) is 25.3 Å². The minimum absolute atomic E-state index is 0.0233. The van der Waals surface area contributed by atoms with Gasteiger partial charge < -0.3 is 9.80 Å². The van der Waals surface area contributed by atoms with Gasteiger partial charge in [-0.1, -0.05) is 17.7 Å². The highest BCUT2D eigenvalue weighted by atomic mass is 35.5. The molecule has 1 atom stereocenters. The lowest BCUT2D eigenvalue weighted by molar-refractivity contribution is -0.117. The van der Waals surface area contributed by atoms with Gasteiger partial charge in [0.25, 0.3) is 5.91 Å². The van der Waals surface area contributed by atoms with E-state index in [2.05, 4.69) is 22.9 Å². The molecule has 0 bridgehead atoms. The Morgan fingerprint density at radius 2 is 1.97 bits per heavy atom. The maximum Gasteiger partial charge on any atom is 0.254 e. The van der Waals surface area contributed by atoms with Gasteiger partial charge in [-0.3, -0.25) is 9.59 Å². The van der Waals surface area contributed by atoms with E-state index in [1.54, 1.807) is 45.8 Å². The van der Waals surface area contributed by atoms with Crippen molar-refractivity contribution in [3.8, 4) is 0 Å². The van der Waals surface area contributed by atoms with Gasteiger partial charge in [-0.15, -0.1) is 22.7 Å². The quantitative estimate of drug-likeness (QED) is 0.546. The van der Waals surface area contributed by atoms with Crippen LogP contribution in [0.2, 0.25) is 5.02 Å². The Morgan fingerprint density at radius 1 is 1.07 bits per heavy atom. The number of fused-ring (bicyclic) bond motifs is 1. The molecule has 5 rings (SSSR count). The van der Waals surface area contributed by atoms with Gasteiger partial charge in [0.05, 0.1) is 16.8 Å². The van der Waals surface area contributed by atoms with Gasteiger partial charge in [-0.25, -0.2) is 0 Å². The highest BCUT2D eigenvalue weighted by Gasteiger charge is 2.34. The molecule has 7 heteroatoms. The monoisotopic (exact) mass is 442 g/mol. The number of thiophene rings is 2. The average molecular weight is 443 g/mol. The summed E-state index contributed by atoms with van der Waals surface area (Å²) in [6, 6.07) is 11.5. The van der Waals surface area contributed by atoms with E-state index in [1.165, 1.54) is 15.3 Å². The highest BCUT2D eigenvalue weighted by molar-refractivity contribution is 7.10. The van der Waals surface area contributed by atoms with Gasteiger partial charge in [0.15, 0.2) is 0 Å². The summed E-state index contributed by atoms with van der Waals surface area (Å²) in [4.78, 5) is 32.0. The summed E-state index contributed by atoms with van der Waals surface area (Å²) in [5.41, 5.74) is 2.44. The van der Waals surface area contributed by atoms with Crippen LogP contribution in [0.5, 0.6) is 0 Å². The maximum absolute atomic E-state index is 13.6. The molecule has 1 aromatic carbocycles. The molecule has 4 heterocycles. The first-order chi connectivity index (χ1) is 14.1. The van der Waals surface area contributed by atoms with Gasteiger partial charge in [0.1, 0.15) is 0 Å². The molecule has 0 radical (unpaired) electrons. The van der Waals surface area contributed by atoms with Crippen molar-refractivity contribution >= 4 is 51.8 Å². The second-order valence-corrected chi connectivity index (χ2v) is 9.67. The topological polar surface area (TPSA) is 40.6 Å². The summed E-state index contributed by atoms with van der Waals surface area (Å²) in [6.07, 6.45) is 2.22. The van der Waals surface area contributed by atoms with Crippen LogP contribution in [0, 0.1) is 0 Å². The number of rotatable bonds is 3. The molecule has 2 aliphatic rings. The Hall–Kier alpha value is -2.15. The van der Waals surface area contributed by atoms with Crippen LogP contribution in [0.3, 0.4) is 0 Å². The second-order valence-electron chi connectivity index (χ2n) is 7.28. The van der Waals surface area contributed by atoms with Crippen molar-refractivity contribution in [3.05, 3.63) is 73.1 Å². The molecule has 0 N–H and O–H groups in total. The number of halogens is 1. The summed E-state index contributed by atoms with van der Waals surface area (Å²) < 4.78 is 0. The van der Waals surface area contributed by atoms with Crippen molar-refractivity contribution in [1.29, 1.82) is 0 Å². The number of carbonyl (C=O) groups is 2. The van der Waals surface area contributed by atoms with Crippen LogP contribution in [0.25, 0.3) is 0 Å². The van der Waals surface area contributed by atoms with E-state index < -0.39 is 0 Å². The van der Waals surface area contributed by atoms with Gasteiger partial charge >= 0.3 is 0 Å². The van der Waals surface area contributed by atoms with Crippen LogP contribution in [-0.4, -0.2) is 29.8 Å². The highest BCUT2D eigenvalue weighted by Crippen LogP contribution is 2.40. The van der Waals surface area contributed by atoms with Crippen LogP contribution in [0.4, 0.5) is 5.69 Å². The first-order valence-electron chi connectivity index (χ1n) is 9.64. The second kappa shape index (κ2) is 7.59. The van der Waals surface area contributed by atoms with Crippen LogP contribution in [0.15, 0.2) is 47.2 Å². The fourth-order valence-electron chi connectivity index (χ4n) is 4.21. The summed E-state index contributed by atoms with van der Waals surface area (Å²) in [5.74, 6) is 0.0404. The zero-order valence-electron chi connectivity index (χ0n) is 15.6. The van der Waals surface area contributed by atoms with E-state index in [-0.39, 0.29) is 17.9 Å². The molecule has 2 amide bonds. The zero-order chi connectivity index (χ0) is 20.0. The molecule has 29 heavy (non-hydrogen) atoms. The SMILES string of the molecule is O=C1CCCN1c1cc(C(=O)N2CCc3sccc3[C@@H]2c2cccs2)ccc1Cl. The largest absolute Gasteiger partial charge is 0.326 e. The first kappa shape index (κ1) is 18.9. The third-order valence-electron chi connectivity index (χ3n) is 5.60. The Balaban J connectivity index is 1.52. The number of carbonyl (C=O) groups excluding carboxylic acids is 2. The van der Waals surface area contributed by atoms with E-state index in [0.29, 0.717) is 35.8 Å². The molecular formula is C22H19ClN2O2S2. The van der Waals surface area contributed by atoms with E-state index in [9.17, 15) is 9.59 Å². The van der Waals surface area contributed by atoms with Crippen molar-refractivity contribution in [1.82, 2.24) is 4.90 Å². The van der Waals surface area contributed by atoms with Crippen LogP contribution in [-0.2, 0) is 11.2 Å². The fourth-order valence-corrected chi connectivity index (χ4v) is 6.19. The zero-order valence-corrected chi connectivity index (χ0v) is 18.0. The van der Waals surface area contributed by atoms with E-state index in [0.717, 1.165) is 12.8 Å². The molecule has 0 aliphatic carbocycles.